The minimum atomic E-state index is -0.401. The van der Waals surface area contributed by atoms with E-state index in [0.717, 1.165) is 26.1 Å². The quantitative estimate of drug-likeness (QED) is 0.687. The highest BCUT2D eigenvalue weighted by Crippen LogP contribution is 2.17. The number of rotatable bonds is 7. The summed E-state index contributed by atoms with van der Waals surface area (Å²) in [5, 5.41) is 0. The Balaban J connectivity index is 2.97. The molecule has 0 aromatic carbocycles. The van der Waals surface area contributed by atoms with Crippen molar-refractivity contribution < 1.29 is 9.53 Å². The summed E-state index contributed by atoms with van der Waals surface area (Å²) in [6.45, 7) is 4.64. The van der Waals surface area contributed by atoms with Crippen LogP contribution >= 0.6 is 0 Å². The van der Waals surface area contributed by atoms with E-state index in [-0.39, 0.29) is 0 Å². The van der Waals surface area contributed by atoms with E-state index < -0.39 is 5.97 Å². The highest BCUT2D eigenvalue weighted by atomic mass is 16.5. The van der Waals surface area contributed by atoms with Crippen LogP contribution in [-0.4, -0.2) is 61.7 Å². The van der Waals surface area contributed by atoms with E-state index >= 15 is 0 Å². The summed E-state index contributed by atoms with van der Waals surface area (Å²) in [6, 6.07) is 0. The lowest BCUT2D eigenvalue weighted by Crippen LogP contribution is -2.34. The van der Waals surface area contributed by atoms with Crippen molar-refractivity contribution in [3.05, 3.63) is 18.1 Å². The number of ether oxygens (including phenoxy) is 1. The zero-order valence-electron chi connectivity index (χ0n) is 12.1. The Bertz CT molecular complexity index is 409. The Morgan fingerprint density at radius 2 is 2.05 bits per heavy atom. The standard InChI is InChI=1S/C13H22N4O2/c1-5-6-17(8-7-16(2)3)12-11(13(18)19-4)9-14-10-15-12/h9-10H,5-8H2,1-4H3. The number of carbonyl (C=O) groups is 1. The van der Waals surface area contributed by atoms with Gasteiger partial charge in [-0.3, -0.25) is 0 Å². The lowest BCUT2D eigenvalue weighted by atomic mass is 10.2. The third kappa shape index (κ3) is 4.48. The predicted molar refractivity (Wildman–Crippen MR) is 74.4 cm³/mol. The number of hydrogen-bond donors (Lipinski definition) is 0. The first-order valence-corrected chi connectivity index (χ1v) is 6.38. The first-order chi connectivity index (χ1) is 9.10. The molecule has 0 aliphatic heterocycles. The van der Waals surface area contributed by atoms with E-state index in [4.69, 9.17) is 4.74 Å². The zero-order chi connectivity index (χ0) is 14.3. The molecule has 106 valence electrons. The maximum Gasteiger partial charge on any atom is 0.343 e. The first kappa shape index (κ1) is 15.4. The van der Waals surface area contributed by atoms with Crippen molar-refractivity contribution in [3.8, 4) is 0 Å². The second-order valence-corrected chi connectivity index (χ2v) is 4.54. The van der Waals surface area contributed by atoms with Crippen LogP contribution in [0.5, 0.6) is 0 Å². The number of esters is 1. The second-order valence-electron chi connectivity index (χ2n) is 4.54. The molecule has 0 atom stereocenters. The maximum absolute atomic E-state index is 11.7. The molecule has 0 spiro atoms. The second kappa shape index (κ2) is 7.68. The Hall–Kier alpha value is -1.69. The van der Waals surface area contributed by atoms with E-state index in [1.807, 2.05) is 14.1 Å². The highest BCUT2D eigenvalue weighted by molar-refractivity contribution is 5.94. The highest BCUT2D eigenvalue weighted by Gasteiger charge is 2.18. The van der Waals surface area contributed by atoms with E-state index in [0.29, 0.717) is 11.4 Å². The molecule has 1 heterocycles. The monoisotopic (exact) mass is 266 g/mol. The molecule has 0 saturated carbocycles. The summed E-state index contributed by atoms with van der Waals surface area (Å²) in [4.78, 5) is 24.1. The van der Waals surface area contributed by atoms with Crippen molar-refractivity contribution in [1.82, 2.24) is 14.9 Å². The lowest BCUT2D eigenvalue weighted by Gasteiger charge is -2.26. The van der Waals surface area contributed by atoms with Crippen LogP contribution in [0.2, 0.25) is 0 Å². The summed E-state index contributed by atoms with van der Waals surface area (Å²) >= 11 is 0. The van der Waals surface area contributed by atoms with Crippen molar-refractivity contribution in [2.75, 3.05) is 45.7 Å². The number of anilines is 1. The molecule has 0 unspecified atom stereocenters. The van der Waals surface area contributed by atoms with Gasteiger partial charge in [0.1, 0.15) is 17.7 Å². The first-order valence-electron chi connectivity index (χ1n) is 6.38. The van der Waals surface area contributed by atoms with E-state index in [1.54, 1.807) is 0 Å². The van der Waals surface area contributed by atoms with Gasteiger partial charge in [0.15, 0.2) is 0 Å². The average Bonchev–Trinajstić information content (AvgIpc) is 2.42. The van der Waals surface area contributed by atoms with Gasteiger partial charge in [-0.25, -0.2) is 14.8 Å². The van der Waals surface area contributed by atoms with Crippen LogP contribution in [0.1, 0.15) is 23.7 Å². The van der Waals surface area contributed by atoms with Crippen molar-refractivity contribution in [2.24, 2.45) is 0 Å². The van der Waals surface area contributed by atoms with Gasteiger partial charge in [0, 0.05) is 25.8 Å². The van der Waals surface area contributed by atoms with Gasteiger partial charge < -0.3 is 14.5 Å². The average molecular weight is 266 g/mol. The zero-order valence-corrected chi connectivity index (χ0v) is 12.1. The Labute approximate surface area is 114 Å². The predicted octanol–water partition coefficient (Wildman–Crippen LogP) is 1.04. The molecule has 0 fully saturated rings. The number of carbonyl (C=O) groups excluding carboxylic acids is 1. The van der Waals surface area contributed by atoms with Crippen LogP contribution in [0.15, 0.2) is 12.5 Å². The van der Waals surface area contributed by atoms with Gasteiger partial charge in [-0.1, -0.05) is 6.92 Å². The van der Waals surface area contributed by atoms with Crippen LogP contribution < -0.4 is 4.90 Å². The normalized spacial score (nSPS) is 10.6. The van der Waals surface area contributed by atoms with Gasteiger partial charge in [-0.2, -0.15) is 0 Å². The maximum atomic E-state index is 11.7. The molecule has 0 aliphatic rings. The van der Waals surface area contributed by atoms with Gasteiger partial charge in [0.25, 0.3) is 0 Å². The molecule has 6 nitrogen and oxygen atoms in total. The molecular weight excluding hydrogens is 244 g/mol. The fourth-order valence-electron chi connectivity index (χ4n) is 1.74. The lowest BCUT2D eigenvalue weighted by molar-refractivity contribution is 0.0600. The van der Waals surface area contributed by atoms with Gasteiger partial charge >= 0.3 is 5.97 Å². The van der Waals surface area contributed by atoms with Crippen LogP contribution in [0.4, 0.5) is 5.82 Å². The molecule has 1 aromatic rings. The number of hydrogen-bond acceptors (Lipinski definition) is 6. The summed E-state index contributed by atoms with van der Waals surface area (Å²) in [6.07, 6.45) is 3.95. The number of likely N-dealkylation sites (N-methyl/N-ethyl adjacent to an activating group) is 1. The molecule has 0 saturated heterocycles. The molecule has 19 heavy (non-hydrogen) atoms. The molecule has 0 amide bonds. The summed E-state index contributed by atoms with van der Waals surface area (Å²) in [7, 11) is 5.40. The molecule has 0 radical (unpaired) electrons. The fourth-order valence-corrected chi connectivity index (χ4v) is 1.74. The summed E-state index contributed by atoms with van der Waals surface area (Å²) in [5.41, 5.74) is 0.414. The Morgan fingerprint density at radius 3 is 2.63 bits per heavy atom. The minimum Gasteiger partial charge on any atom is -0.465 e. The smallest absolute Gasteiger partial charge is 0.343 e. The molecule has 0 N–H and O–H groups in total. The number of methoxy groups -OCH3 is 1. The fraction of sp³-hybridized carbons (Fsp3) is 0.615. The molecule has 1 rings (SSSR count). The summed E-state index contributed by atoms with van der Waals surface area (Å²) < 4.78 is 4.77. The molecular formula is C13H22N4O2. The summed E-state index contributed by atoms with van der Waals surface area (Å²) in [5.74, 6) is 0.243. The molecule has 0 bridgehead atoms. The topological polar surface area (TPSA) is 58.6 Å². The van der Waals surface area contributed by atoms with Crippen molar-refractivity contribution >= 4 is 11.8 Å². The van der Waals surface area contributed by atoms with Crippen LogP contribution in [0, 0.1) is 0 Å². The SMILES string of the molecule is CCCN(CCN(C)C)c1ncncc1C(=O)OC. The van der Waals surface area contributed by atoms with Crippen LogP contribution in [0.25, 0.3) is 0 Å². The van der Waals surface area contributed by atoms with E-state index in [1.165, 1.54) is 19.6 Å². The van der Waals surface area contributed by atoms with Crippen molar-refractivity contribution in [1.29, 1.82) is 0 Å². The van der Waals surface area contributed by atoms with Crippen LogP contribution in [0.3, 0.4) is 0 Å². The Morgan fingerprint density at radius 1 is 1.32 bits per heavy atom. The third-order valence-corrected chi connectivity index (χ3v) is 2.71. The minimum absolute atomic E-state index is 0.401. The largest absolute Gasteiger partial charge is 0.465 e. The Kier molecular flexibility index (Phi) is 6.21. The third-order valence-electron chi connectivity index (χ3n) is 2.71. The van der Waals surface area contributed by atoms with Gasteiger partial charge in [0.05, 0.1) is 7.11 Å². The molecule has 6 heteroatoms. The van der Waals surface area contributed by atoms with E-state index in [9.17, 15) is 4.79 Å². The number of nitrogens with zero attached hydrogens (tertiary/aromatic N) is 4. The van der Waals surface area contributed by atoms with Gasteiger partial charge in [0.2, 0.25) is 0 Å². The molecule has 0 aliphatic carbocycles. The van der Waals surface area contributed by atoms with Crippen LogP contribution in [-0.2, 0) is 4.74 Å². The van der Waals surface area contributed by atoms with E-state index in [2.05, 4.69) is 26.7 Å². The van der Waals surface area contributed by atoms with Gasteiger partial charge in [-0.15, -0.1) is 0 Å². The van der Waals surface area contributed by atoms with Gasteiger partial charge in [-0.05, 0) is 20.5 Å². The van der Waals surface area contributed by atoms with Crippen molar-refractivity contribution in [2.45, 2.75) is 13.3 Å². The number of aromatic nitrogens is 2. The van der Waals surface area contributed by atoms with Crippen molar-refractivity contribution in [3.63, 3.8) is 0 Å². The molecule has 1 aromatic heterocycles.